The minimum absolute atomic E-state index is 0.254. The SMILES string of the molecule is O=C(O)c1ccc(-c2ccc(OCc3ccccc3)cc2)cc1.O=C(O)c1ccc(Cl)cc1. The van der Waals surface area contributed by atoms with E-state index < -0.39 is 11.9 Å². The molecule has 33 heavy (non-hydrogen) atoms. The van der Waals surface area contributed by atoms with Gasteiger partial charge in [0.25, 0.3) is 0 Å². The number of carboxylic acids is 2. The van der Waals surface area contributed by atoms with Crippen LogP contribution in [0.3, 0.4) is 0 Å². The predicted octanol–water partition coefficient (Wildman–Crippen LogP) is 6.67. The van der Waals surface area contributed by atoms with Crippen LogP contribution in [0.15, 0.2) is 103 Å². The Hall–Kier alpha value is -4.09. The lowest BCUT2D eigenvalue weighted by atomic mass is 10.0. The van der Waals surface area contributed by atoms with Crippen LogP contribution >= 0.6 is 11.6 Å². The van der Waals surface area contributed by atoms with E-state index in [9.17, 15) is 9.59 Å². The van der Waals surface area contributed by atoms with Crippen molar-refractivity contribution in [2.75, 3.05) is 0 Å². The van der Waals surface area contributed by atoms with Gasteiger partial charge in [0.15, 0.2) is 0 Å². The number of carbonyl (C=O) groups is 2. The zero-order valence-electron chi connectivity index (χ0n) is 17.5. The molecule has 0 spiro atoms. The standard InChI is InChI=1S/C20H16O3.C7H5ClO2/c21-20(22)18-8-6-16(7-9-18)17-10-12-19(13-11-17)23-14-15-4-2-1-3-5-15;8-6-3-1-5(2-4-6)7(9)10/h1-13H,14H2,(H,21,22);1-4H,(H,9,10). The smallest absolute Gasteiger partial charge is 0.335 e. The van der Waals surface area contributed by atoms with Crippen LogP contribution in [-0.2, 0) is 6.61 Å². The summed E-state index contributed by atoms with van der Waals surface area (Å²) in [5.74, 6) is -1.04. The largest absolute Gasteiger partial charge is 0.489 e. The highest BCUT2D eigenvalue weighted by atomic mass is 35.5. The molecular formula is C27H21ClO5. The predicted molar refractivity (Wildman–Crippen MR) is 128 cm³/mol. The zero-order valence-corrected chi connectivity index (χ0v) is 18.3. The lowest BCUT2D eigenvalue weighted by Crippen LogP contribution is -1.95. The average Bonchev–Trinajstić information content (AvgIpc) is 2.84. The number of carboxylic acid groups (broad SMARTS) is 2. The zero-order chi connectivity index (χ0) is 23.6. The Morgan fingerprint density at radius 1 is 0.636 bits per heavy atom. The first-order valence-corrected chi connectivity index (χ1v) is 10.4. The highest BCUT2D eigenvalue weighted by Gasteiger charge is 2.04. The van der Waals surface area contributed by atoms with E-state index in [1.54, 1.807) is 24.3 Å². The first-order chi connectivity index (χ1) is 15.9. The molecule has 4 aromatic carbocycles. The summed E-state index contributed by atoms with van der Waals surface area (Å²) in [6.07, 6.45) is 0. The number of hydrogen-bond acceptors (Lipinski definition) is 3. The Kier molecular flexibility index (Phi) is 8.22. The number of rotatable bonds is 6. The quantitative estimate of drug-likeness (QED) is 0.335. The van der Waals surface area contributed by atoms with Crippen LogP contribution in [0, 0.1) is 0 Å². The molecule has 0 fully saturated rings. The van der Waals surface area contributed by atoms with Gasteiger partial charge < -0.3 is 14.9 Å². The number of aromatic carboxylic acids is 2. The molecule has 0 aliphatic rings. The summed E-state index contributed by atoms with van der Waals surface area (Å²) in [6, 6.07) is 30.6. The van der Waals surface area contributed by atoms with Crippen molar-refractivity contribution in [2.45, 2.75) is 6.61 Å². The summed E-state index contributed by atoms with van der Waals surface area (Å²) in [5.41, 5.74) is 3.67. The van der Waals surface area contributed by atoms with Gasteiger partial charge in [0.05, 0.1) is 11.1 Å². The fourth-order valence-corrected chi connectivity index (χ4v) is 3.01. The van der Waals surface area contributed by atoms with Crippen LogP contribution in [0.25, 0.3) is 11.1 Å². The van der Waals surface area contributed by atoms with Crippen molar-refractivity contribution in [2.24, 2.45) is 0 Å². The summed E-state index contributed by atoms with van der Waals surface area (Å²) >= 11 is 5.52. The second-order valence-electron chi connectivity index (χ2n) is 6.99. The molecule has 4 rings (SSSR count). The first-order valence-electron chi connectivity index (χ1n) is 10.0. The van der Waals surface area contributed by atoms with Crippen molar-refractivity contribution in [3.63, 3.8) is 0 Å². The Bertz CT molecular complexity index is 1190. The lowest BCUT2D eigenvalue weighted by Gasteiger charge is -2.08. The van der Waals surface area contributed by atoms with E-state index in [-0.39, 0.29) is 11.1 Å². The van der Waals surface area contributed by atoms with Crippen LogP contribution in [0.2, 0.25) is 5.02 Å². The molecule has 0 bridgehead atoms. The van der Waals surface area contributed by atoms with Gasteiger partial charge in [-0.3, -0.25) is 0 Å². The molecule has 2 N–H and O–H groups in total. The van der Waals surface area contributed by atoms with Crippen molar-refractivity contribution >= 4 is 23.5 Å². The van der Waals surface area contributed by atoms with Gasteiger partial charge in [0, 0.05) is 5.02 Å². The molecule has 5 nitrogen and oxygen atoms in total. The van der Waals surface area contributed by atoms with E-state index in [2.05, 4.69) is 0 Å². The van der Waals surface area contributed by atoms with Gasteiger partial charge in [0.1, 0.15) is 12.4 Å². The van der Waals surface area contributed by atoms with Gasteiger partial charge in [-0.05, 0) is 65.2 Å². The Morgan fingerprint density at radius 3 is 1.58 bits per heavy atom. The fourth-order valence-electron chi connectivity index (χ4n) is 2.88. The number of hydrogen-bond donors (Lipinski definition) is 2. The van der Waals surface area contributed by atoms with Crippen molar-refractivity contribution < 1.29 is 24.5 Å². The molecule has 4 aromatic rings. The molecule has 0 atom stereocenters. The summed E-state index contributed by atoms with van der Waals surface area (Å²) in [4.78, 5) is 21.1. The monoisotopic (exact) mass is 460 g/mol. The van der Waals surface area contributed by atoms with E-state index in [0.29, 0.717) is 11.6 Å². The van der Waals surface area contributed by atoms with E-state index in [0.717, 1.165) is 22.4 Å². The summed E-state index contributed by atoms with van der Waals surface area (Å²) in [5, 5.41) is 17.9. The summed E-state index contributed by atoms with van der Waals surface area (Å²) < 4.78 is 5.76. The Labute approximate surface area is 196 Å². The maximum Gasteiger partial charge on any atom is 0.335 e. The maximum atomic E-state index is 10.9. The molecule has 6 heteroatoms. The van der Waals surface area contributed by atoms with Crippen molar-refractivity contribution in [1.82, 2.24) is 0 Å². The van der Waals surface area contributed by atoms with Crippen LogP contribution in [0.5, 0.6) is 5.75 Å². The second kappa shape index (κ2) is 11.5. The molecule has 0 unspecified atom stereocenters. The third kappa shape index (κ3) is 7.23. The average molecular weight is 461 g/mol. The van der Waals surface area contributed by atoms with E-state index in [1.807, 2.05) is 66.7 Å². The van der Waals surface area contributed by atoms with Gasteiger partial charge in [-0.15, -0.1) is 0 Å². The molecule has 166 valence electrons. The van der Waals surface area contributed by atoms with Crippen molar-refractivity contribution in [1.29, 1.82) is 0 Å². The van der Waals surface area contributed by atoms with Gasteiger partial charge in [0.2, 0.25) is 0 Å². The van der Waals surface area contributed by atoms with Crippen LogP contribution in [-0.4, -0.2) is 22.2 Å². The van der Waals surface area contributed by atoms with Crippen molar-refractivity contribution in [3.8, 4) is 16.9 Å². The van der Waals surface area contributed by atoms with Crippen LogP contribution in [0.1, 0.15) is 26.3 Å². The fraction of sp³-hybridized carbons (Fsp3) is 0.0370. The van der Waals surface area contributed by atoms with E-state index in [1.165, 1.54) is 12.1 Å². The topological polar surface area (TPSA) is 83.8 Å². The van der Waals surface area contributed by atoms with Gasteiger partial charge in [-0.25, -0.2) is 9.59 Å². The molecule has 0 aliphatic heterocycles. The van der Waals surface area contributed by atoms with Crippen LogP contribution in [0.4, 0.5) is 0 Å². The molecule has 0 heterocycles. The molecular weight excluding hydrogens is 440 g/mol. The number of ether oxygens (including phenoxy) is 1. The normalized spacial score (nSPS) is 9.97. The van der Waals surface area contributed by atoms with Gasteiger partial charge in [-0.2, -0.15) is 0 Å². The number of benzene rings is 4. The Morgan fingerprint density at radius 2 is 1.09 bits per heavy atom. The molecule has 0 aromatic heterocycles. The maximum absolute atomic E-state index is 10.9. The minimum atomic E-state index is -0.934. The second-order valence-corrected chi connectivity index (χ2v) is 7.43. The van der Waals surface area contributed by atoms with Crippen molar-refractivity contribution in [3.05, 3.63) is 125 Å². The third-order valence-electron chi connectivity index (χ3n) is 4.66. The van der Waals surface area contributed by atoms with Gasteiger partial charge >= 0.3 is 11.9 Å². The molecule has 0 radical (unpaired) electrons. The molecule has 0 amide bonds. The van der Waals surface area contributed by atoms with Crippen LogP contribution < -0.4 is 4.74 Å². The third-order valence-corrected chi connectivity index (χ3v) is 4.91. The lowest BCUT2D eigenvalue weighted by molar-refractivity contribution is 0.0686. The molecule has 0 aliphatic carbocycles. The number of halogens is 1. The van der Waals surface area contributed by atoms with E-state index >= 15 is 0 Å². The highest BCUT2D eigenvalue weighted by molar-refractivity contribution is 6.30. The van der Waals surface area contributed by atoms with Gasteiger partial charge in [-0.1, -0.05) is 66.2 Å². The molecule has 0 saturated carbocycles. The Balaban J connectivity index is 0.000000257. The minimum Gasteiger partial charge on any atom is -0.489 e. The van der Waals surface area contributed by atoms with E-state index in [4.69, 9.17) is 26.6 Å². The summed E-state index contributed by atoms with van der Waals surface area (Å²) in [7, 11) is 0. The highest BCUT2D eigenvalue weighted by Crippen LogP contribution is 2.23. The summed E-state index contributed by atoms with van der Waals surface area (Å²) in [6.45, 7) is 0.535. The molecule has 0 saturated heterocycles. The first kappa shape index (κ1) is 23.6.